The van der Waals surface area contributed by atoms with E-state index in [0.717, 1.165) is 53.5 Å². The molecule has 0 amide bonds. The topological polar surface area (TPSA) is 39.9 Å². The van der Waals surface area contributed by atoms with Gasteiger partial charge in [0.2, 0.25) is 5.88 Å². The zero-order valence-electron chi connectivity index (χ0n) is 15.0. The predicted molar refractivity (Wildman–Crippen MR) is 107 cm³/mol. The van der Waals surface area contributed by atoms with E-state index in [2.05, 4.69) is 4.98 Å². The van der Waals surface area contributed by atoms with E-state index in [4.69, 9.17) is 21.4 Å². The van der Waals surface area contributed by atoms with Crippen molar-refractivity contribution in [3.05, 3.63) is 76.8 Å². The Hall–Kier alpha value is -2.92. The molecular formula is C22H17ClFN3O. The summed E-state index contributed by atoms with van der Waals surface area (Å²) in [7, 11) is 0. The fourth-order valence-corrected chi connectivity index (χ4v) is 3.80. The van der Waals surface area contributed by atoms with Crippen LogP contribution in [0.15, 0.2) is 54.7 Å². The third-order valence-corrected chi connectivity index (χ3v) is 5.32. The summed E-state index contributed by atoms with van der Waals surface area (Å²) in [5, 5.41) is 6.25. The van der Waals surface area contributed by atoms with E-state index in [0.29, 0.717) is 10.9 Å². The Balaban J connectivity index is 1.74. The number of aromatic nitrogens is 3. The van der Waals surface area contributed by atoms with Crippen LogP contribution in [0.2, 0.25) is 5.02 Å². The molecule has 0 saturated heterocycles. The zero-order chi connectivity index (χ0) is 19.1. The summed E-state index contributed by atoms with van der Waals surface area (Å²) >= 11 is 6.04. The largest absolute Gasteiger partial charge is 0.435 e. The lowest BCUT2D eigenvalue weighted by Gasteiger charge is -2.14. The van der Waals surface area contributed by atoms with Gasteiger partial charge in [0.25, 0.3) is 0 Å². The van der Waals surface area contributed by atoms with Crippen LogP contribution >= 0.6 is 11.6 Å². The Kier molecular flexibility index (Phi) is 4.24. The van der Waals surface area contributed by atoms with Gasteiger partial charge in [-0.2, -0.15) is 9.78 Å². The second-order valence-electron chi connectivity index (χ2n) is 6.88. The van der Waals surface area contributed by atoms with E-state index < -0.39 is 5.82 Å². The third-order valence-electron chi connectivity index (χ3n) is 5.07. The lowest BCUT2D eigenvalue weighted by molar-refractivity contribution is 0.417. The van der Waals surface area contributed by atoms with Crippen molar-refractivity contribution in [2.45, 2.75) is 25.7 Å². The average Bonchev–Trinajstić information content (AvgIpc) is 3.09. The second-order valence-corrected chi connectivity index (χ2v) is 7.32. The highest BCUT2D eigenvalue weighted by Crippen LogP contribution is 2.36. The van der Waals surface area contributed by atoms with Crippen molar-refractivity contribution < 1.29 is 9.13 Å². The minimum Gasteiger partial charge on any atom is -0.435 e. The molecule has 1 aliphatic rings. The van der Waals surface area contributed by atoms with Gasteiger partial charge in [-0.1, -0.05) is 23.7 Å². The third kappa shape index (κ3) is 2.92. The Morgan fingerprint density at radius 3 is 2.61 bits per heavy atom. The van der Waals surface area contributed by atoms with Crippen LogP contribution in [-0.4, -0.2) is 14.8 Å². The Morgan fingerprint density at radius 2 is 1.79 bits per heavy atom. The molecule has 2 heterocycles. The van der Waals surface area contributed by atoms with Gasteiger partial charge >= 0.3 is 0 Å². The quantitative estimate of drug-likeness (QED) is 0.436. The first-order chi connectivity index (χ1) is 13.7. The van der Waals surface area contributed by atoms with Gasteiger partial charge in [-0.25, -0.2) is 4.39 Å². The van der Waals surface area contributed by atoms with Crippen molar-refractivity contribution in [2.24, 2.45) is 0 Å². The molecule has 1 aliphatic carbocycles. The first-order valence-corrected chi connectivity index (χ1v) is 9.66. The van der Waals surface area contributed by atoms with Gasteiger partial charge in [0.1, 0.15) is 5.52 Å². The molecule has 5 rings (SSSR count). The maximum absolute atomic E-state index is 14.3. The molecule has 2 aromatic carbocycles. The number of rotatable bonds is 3. The summed E-state index contributed by atoms with van der Waals surface area (Å²) in [6.07, 6.45) is 5.95. The van der Waals surface area contributed by atoms with E-state index in [1.54, 1.807) is 41.2 Å². The number of pyridine rings is 1. The summed E-state index contributed by atoms with van der Waals surface area (Å²) < 4.78 is 22.0. The van der Waals surface area contributed by atoms with Gasteiger partial charge in [-0.3, -0.25) is 4.98 Å². The van der Waals surface area contributed by atoms with Gasteiger partial charge < -0.3 is 4.74 Å². The molecule has 0 unspecified atom stereocenters. The van der Waals surface area contributed by atoms with Gasteiger partial charge in [0, 0.05) is 22.5 Å². The molecule has 0 atom stereocenters. The van der Waals surface area contributed by atoms with Crippen LogP contribution in [0.25, 0.3) is 16.6 Å². The number of hydrogen-bond acceptors (Lipinski definition) is 3. The number of fused-ring (bicyclic) bond motifs is 3. The summed E-state index contributed by atoms with van der Waals surface area (Å²) in [6.45, 7) is 0. The molecule has 140 valence electrons. The van der Waals surface area contributed by atoms with Crippen LogP contribution in [0, 0.1) is 5.82 Å². The number of benzene rings is 2. The molecule has 0 radical (unpaired) electrons. The highest BCUT2D eigenvalue weighted by molar-refractivity contribution is 6.30. The number of nitrogens with zero attached hydrogens (tertiary/aromatic N) is 3. The van der Waals surface area contributed by atoms with E-state index in [-0.39, 0.29) is 5.75 Å². The summed E-state index contributed by atoms with van der Waals surface area (Å²) in [6, 6.07) is 13.7. The molecule has 28 heavy (non-hydrogen) atoms. The molecule has 0 fully saturated rings. The molecular weight excluding hydrogens is 377 g/mol. The SMILES string of the molecule is Fc1ccccc1Oc1c2cnc3c(c2nn1-c1ccc(Cl)cc1)CCCC3. The Bertz CT molecular complexity index is 1170. The second kappa shape index (κ2) is 6.91. The van der Waals surface area contributed by atoms with Crippen molar-refractivity contribution >= 4 is 22.5 Å². The smallest absolute Gasteiger partial charge is 0.232 e. The minimum atomic E-state index is -0.426. The van der Waals surface area contributed by atoms with Crippen LogP contribution < -0.4 is 4.74 Å². The molecule has 0 N–H and O–H groups in total. The summed E-state index contributed by atoms with van der Waals surface area (Å²) in [5.74, 6) is 0.172. The molecule has 4 aromatic rings. The van der Waals surface area contributed by atoms with Crippen LogP contribution in [-0.2, 0) is 12.8 Å². The van der Waals surface area contributed by atoms with Gasteiger partial charge in [-0.05, 0) is 62.1 Å². The first-order valence-electron chi connectivity index (χ1n) is 9.28. The summed E-state index contributed by atoms with van der Waals surface area (Å²) in [4.78, 5) is 4.65. The van der Waals surface area contributed by atoms with Crippen molar-refractivity contribution in [3.8, 4) is 17.3 Å². The molecule has 2 aromatic heterocycles. The maximum atomic E-state index is 14.3. The lowest BCUT2D eigenvalue weighted by atomic mass is 9.95. The monoisotopic (exact) mass is 393 g/mol. The Labute approximate surface area is 166 Å². The van der Waals surface area contributed by atoms with Crippen LogP contribution in [0.4, 0.5) is 4.39 Å². The molecule has 0 aliphatic heterocycles. The van der Waals surface area contributed by atoms with Gasteiger partial charge in [-0.15, -0.1) is 0 Å². The number of ether oxygens (including phenoxy) is 1. The number of hydrogen-bond donors (Lipinski definition) is 0. The average molecular weight is 394 g/mol. The predicted octanol–water partition coefficient (Wildman–Crippen LogP) is 5.88. The highest BCUT2D eigenvalue weighted by atomic mass is 35.5. The molecule has 0 spiro atoms. The van der Waals surface area contributed by atoms with Gasteiger partial charge in [0.15, 0.2) is 11.6 Å². The minimum absolute atomic E-state index is 0.150. The van der Waals surface area contributed by atoms with Crippen LogP contribution in [0.3, 0.4) is 0 Å². The standard InChI is InChI=1S/C22H17ClFN3O/c23-14-9-11-15(12-10-14)27-22(28-20-8-4-2-6-18(20)24)17-13-25-19-7-3-1-5-16(19)21(17)26-27/h2,4,6,8-13H,1,3,5,7H2. The highest BCUT2D eigenvalue weighted by Gasteiger charge is 2.22. The maximum Gasteiger partial charge on any atom is 0.232 e. The van der Waals surface area contributed by atoms with E-state index in [1.165, 1.54) is 6.07 Å². The van der Waals surface area contributed by atoms with Crippen molar-refractivity contribution in [3.63, 3.8) is 0 Å². The molecule has 0 bridgehead atoms. The van der Waals surface area contributed by atoms with Gasteiger partial charge in [0.05, 0.1) is 11.1 Å². The summed E-state index contributed by atoms with van der Waals surface area (Å²) in [5.41, 5.74) is 3.91. The Morgan fingerprint density at radius 1 is 1.00 bits per heavy atom. The lowest BCUT2D eigenvalue weighted by Crippen LogP contribution is -2.05. The molecule has 0 saturated carbocycles. The van der Waals surface area contributed by atoms with Crippen LogP contribution in [0.1, 0.15) is 24.1 Å². The fraction of sp³-hybridized carbons (Fsp3) is 0.182. The number of aryl methyl sites for hydroxylation is 2. The number of para-hydroxylation sites is 1. The fourth-order valence-electron chi connectivity index (χ4n) is 3.67. The van der Waals surface area contributed by atoms with Crippen molar-refractivity contribution in [1.82, 2.24) is 14.8 Å². The van der Waals surface area contributed by atoms with Crippen LogP contribution in [0.5, 0.6) is 11.6 Å². The zero-order valence-corrected chi connectivity index (χ0v) is 15.8. The van der Waals surface area contributed by atoms with Crippen molar-refractivity contribution in [2.75, 3.05) is 0 Å². The van der Waals surface area contributed by atoms with E-state index in [9.17, 15) is 4.39 Å². The van der Waals surface area contributed by atoms with E-state index in [1.807, 2.05) is 12.1 Å². The first kappa shape index (κ1) is 17.2. The van der Waals surface area contributed by atoms with Crippen molar-refractivity contribution in [1.29, 1.82) is 0 Å². The number of halogens is 2. The molecule has 4 nitrogen and oxygen atoms in total. The molecule has 6 heteroatoms. The van der Waals surface area contributed by atoms with E-state index >= 15 is 0 Å². The normalized spacial score (nSPS) is 13.5.